The summed E-state index contributed by atoms with van der Waals surface area (Å²) >= 11 is 0. The minimum Gasteiger partial charge on any atom is -0.473 e. The van der Waals surface area contributed by atoms with Crippen molar-refractivity contribution in [3.8, 4) is 0 Å². The van der Waals surface area contributed by atoms with Gasteiger partial charge in [0.1, 0.15) is 0 Å². The fourth-order valence-corrected chi connectivity index (χ4v) is 0. The molecule has 0 heterocycles. The van der Waals surface area contributed by atoms with Crippen LogP contribution in [0.5, 0.6) is 0 Å². The van der Waals surface area contributed by atoms with E-state index in [1.54, 1.807) is 0 Å². The average Bonchev–Trinajstić information content (AvgIpc) is 1.88. The molecular formula is C4H4KO8+. The van der Waals surface area contributed by atoms with E-state index in [1.807, 2.05) is 0 Å². The van der Waals surface area contributed by atoms with E-state index < -0.39 is 23.9 Å². The van der Waals surface area contributed by atoms with E-state index >= 15 is 0 Å². The molecule has 0 rings (SSSR count). The second-order valence-corrected chi connectivity index (χ2v) is 1.22. The molecule has 0 bridgehead atoms. The Morgan fingerprint density at radius 3 is 0.615 bits per heavy atom. The molecule has 13 heavy (non-hydrogen) atoms. The zero-order valence-electron chi connectivity index (χ0n) is 6.42. The van der Waals surface area contributed by atoms with Gasteiger partial charge in [0.05, 0.1) is 0 Å². The number of aliphatic carboxylic acids is 4. The summed E-state index contributed by atoms with van der Waals surface area (Å²) in [5.41, 5.74) is 0. The molecule has 0 saturated carbocycles. The van der Waals surface area contributed by atoms with Crippen molar-refractivity contribution >= 4 is 23.9 Å². The molecule has 0 amide bonds. The first-order valence-corrected chi connectivity index (χ1v) is 2.21. The van der Waals surface area contributed by atoms with E-state index in [0.717, 1.165) is 0 Å². The molecule has 0 aliphatic carbocycles. The van der Waals surface area contributed by atoms with E-state index in [1.165, 1.54) is 0 Å². The summed E-state index contributed by atoms with van der Waals surface area (Å²) < 4.78 is 0. The fourth-order valence-electron chi connectivity index (χ4n) is 0. The van der Waals surface area contributed by atoms with Gasteiger partial charge in [-0.05, 0) is 0 Å². The summed E-state index contributed by atoms with van der Waals surface area (Å²) in [5, 5.41) is 29.6. The molecule has 0 spiro atoms. The fraction of sp³-hybridized carbons (Fsp3) is 0. The zero-order chi connectivity index (χ0) is 10.3. The summed E-state index contributed by atoms with van der Waals surface area (Å²) in [4.78, 5) is 36.4. The quantitative estimate of drug-likeness (QED) is 0.234. The van der Waals surface area contributed by atoms with Gasteiger partial charge in [-0.15, -0.1) is 0 Å². The van der Waals surface area contributed by atoms with Crippen molar-refractivity contribution in [1.82, 2.24) is 0 Å². The third-order valence-corrected chi connectivity index (χ3v) is 0.366. The van der Waals surface area contributed by atoms with Crippen LogP contribution in [0.4, 0.5) is 0 Å². The predicted octanol–water partition coefficient (Wildman–Crippen LogP) is -4.68. The van der Waals surface area contributed by atoms with Crippen molar-refractivity contribution in [1.29, 1.82) is 0 Å². The molecule has 9 heteroatoms. The average molecular weight is 219 g/mol. The molecule has 0 aromatic rings. The van der Waals surface area contributed by atoms with Gasteiger partial charge in [0, 0.05) is 0 Å². The third kappa shape index (κ3) is 18.5. The van der Waals surface area contributed by atoms with Gasteiger partial charge in [-0.25, -0.2) is 19.2 Å². The summed E-state index contributed by atoms with van der Waals surface area (Å²) in [6.45, 7) is 0. The zero-order valence-corrected chi connectivity index (χ0v) is 9.54. The smallest absolute Gasteiger partial charge is 0.473 e. The largest absolute Gasteiger partial charge is 1.00 e. The number of rotatable bonds is 0. The molecule has 0 atom stereocenters. The Labute approximate surface area is 114 Å². The number of carboxylic acids is 4. The summed E-state index contributed by atoms with van der Waals surface area (Å²) in [6.07, 6.45) is 0. The molecule has 0 fully saturated rings. The molecule has 0 saturated heterocycles. The predicted molar refractivity (Wildman–Crippen MR) is 30.5 cm³/mol. The van der Waals surface area contributed by atoms with Crippen molar-refractivity contribution in [2.75, 3.05) is 0 Å². The first kappa shape index (κ1) is 18.3. The summed E-state index contributed by atoms with van der Waals surface area (Å²) in [6, 6.07) is 0. The molecule has 0 radical (unpaired) electrons. The topological polar surface area (TPSA) is 149 Å². The van der Waals surface area contributed by atoms with Crippen LogP contribution in [0.15, 0.2) is 0 Å². The molecule has 0 aromatic carbocycles. The third-order valence-electron chi connectivity index (χ3n) is 0.366. The van der Waals surface area contributed by atoms with Gasteiger partial charge in [-0.2, -0.15) is 0 Å². The molecule has 0 aromatic heterocycles. The van der Waals surface area contributed by atoms with Gasteiger partial charge >= 0.3 is 75.3 Å². The molecular weight excluding hydrogens is 215 g/mol. The maximum atomic E-state index is 9.10. The standard InChI is InChI=1S/2C2H2O4.K/c2*3-1(4)2(5)6;/h2*(H,3,4)(H,5,6);/q;;+1. The van der Waals surface area contributed by atoms with Crippen LogP contribution < -0.4 is 51.4 Å². The SMILES string of the molecule is O=C(O)C(=O)O.O=C(O)C(=O)O.[K+]. The Bertz CT molecular complexity index is 172. The Balaban J connectivity index is -0.000000143. The van der Waals surface area contributed by atoms with Crippen LogP contribution in [-0.2, 0) is 19.2 Å². The van der Waals surface area contributed by atoms with Crippen LogP contribution in [0.25, 0.3) is 0 Å². The van der Waals surface area contributed by atoms with Crippen molar-refractivity contribution in [2.24, 2.45) is 0 Å². The molecule has 8 nitrogen and oxygen atoms in total. The van der Waals surface area contributed by atoms with Crippen molar-refractivity contribution in [2.45, 2.75) is 0 Å². The van der Waals surface area contributed by atoms with Gasteiger partial charge in [0.25, 0.3) is 0 Å². The minimum absolute atomic E-state index is 0. The minimum atomic E-state index is -1.82. The Morgan fingerprint density at radius 1 is 0.538 bits per heavy atom. The molecule has 0 aliphatic heterocycles. The van der Waals surface area contributed by atoms with E-state index in [0.29, 0.717) is 0 Å². The van der Waals surface area contributed by atoms with Crippen molar-refractivity contribution in [3.05, 3.63) is 0 Å². The molecule has 68 valence electrons. The van der Waals surface area contributed by atoms with Crippen LogP contribution >= 0.6 is 0 Å². The van der Waals surface area contributed by atoms with Gasteiger partial charge in [-0.1, -0.05) is 0 Å². The second kappa shape index (κ2) is 9.60. The van der Waals surface area contributed by atoms with Crippen LogP contribution in [-0.4, -0.2) is 44.3 Å². The van der Waals surface area contributed by atoms with Crippen molar-refractivity contribution in [3.63, 3.8) is 0 Å². The normalized spacial score (nSPS) is 6.77. The van der Waals surface area contributed by atoms with Crippen LogP contribution in [0.2, 0.25) is 0 Å². The number of carboxylic acid groups (broad SMARTS) is 4. The van der Waals surface area contributed by atoms with Gasteiger partial charge in [-0.3, -0.25) is 0 Å². The maximum absolute atomic E-state index is 9.10. The van der Waals surface area contributed by atoms with Crippen LogP contribution in [0.3, 0.4) is 0 Å². The first-order chi connectivity index (χ1) is 5.29. The molecule has 0 unspecified atom stereocenters. The van der Waals surface area contributed by atoms with E-state index in [-0.39, 0.29) is 51.4 Å². The van der Waals surface area contributed by atoms with E-state index in [2.05, 4.69) is 0 Å². The number of carbonyl (C=O) groups is 4. The first-order valence-electron chi connectivity index (χ1n) is 2.21. The number of hydrogen-bond donors (Lipinski definition) is 4. The molecule has 0 aliphatic rings. The van der Waals surface area contributed by atoms with Gasteiger partial charge in [0.2, 0.25) is 0 Å². The summed E-state index contributed by atoms with van der Waals surface area (Å²) in [5.74, 6) is -7.30. The Kier molecular flexibility index (Phi) is 13.5. The van der Waals surface area contributed by atoms with Crippen LogP contribution in [0, 0.1) is 0 Å². The Hall–Kier alpha value is -0.484. The Morgan fingerprint density at radius 2 is 0.615 bits per heavy atom. The monoisotopic (exact) mass is 219 g/mol. The summed E-state index contributed by atoms with van der Waals surface area (Å²) in [7, 11) is 0. The van der Waals surface area contributed by atoms with E-state index in [4.69, 9.17) is 39.6 Å². The van der Waals surface area contributed by atoms with Crippen molar-refractivity contribution < 1.29 is 91.0 Å². The number of hydrogen-bond acceptors (Lipinski definition) is 4. The van der Waals surface area contributed by atoms with E-state index in [9.17, 15) is 0 Å². The second-order valence-electron chi connectivity index (χ2n) is 1.22. The maximum Gasteiger partial charge on any atom is 1.00 e. The van der Waals surface area contributed by atoms with Gasteiger partial charge < -0.3 is 20.4 Å². The molecule has 4 N–H and O–H groups in total. The van der Waals surface area contributed by atoms with Gasteiger partial charge in [0.15, 0.2) is 0 Å². The van der Waals surface area contributed by atoms with Crippen LogP contribution in [0.1, 0.15) is 0 Å².